The molecule has 5 nitrogen and oxygen atoms in total. The van der Waals surface area contributed by atoms with Gasteiger partial charge in [0.1, 0.15) is 10.6 Å². The van der Waals surface area contributed by atoms with Crippen molar-refractivity contribution in [3.05, 3.63) is 70.4 Å². The number of thiazole rings is 1. The number of alkyl halides is 3. The highest BCUT2D eigenvalue weighted by molar-refractivity contribution is 7.12. The molecule has 0 fully saturated rings. The molecule has 0 spiro atoms. The van der Waals surface area contributed by atoms with E-state index in [2.05, 4.69) is 20.0 Å². The number of aryl methyl sites for hydroxylation is 2. The molecule has 3 aromatic rings. The lowest BCUT2D eigenvalue weighted by molar-refractivity contribution is -0.274. The Labute approximate surface area is 156 Å². The number of ether oxygens (including phenoxy) is 1. The fourth-order valence-corrected chi connectivity index (χ4v) is 3.11. The van der Waals surface area contributed by atoms with E-state index < -0.39 is 6.36 Å². The summed E-state index contributed by atoms with van der Waals surface area (Å²) >= 11 is 1.21. The lowest BCUT2D eigenvalue weighted by atomic mass is 10.1. The maximum atomic E-state index is 12.5. The second-order valence-electron chi connectivity index (χ2n) is 5.51. The number of amides is 1. The van der Waals surface area contributed by atoms with Crippen LogP contribution in [0, 0.1) is 0 Å². The molecule has 0 aliphatic rings. The van der Waals surface area contributed by atoms with E-state index in [1.807, 2.05) is 12.1 Å². The summed E-state index contributed by atoms with van der Waals surface area (Å²) in [5.74, 6) is -0.706. The summed E-state index contributed by atoms with van der Waals surface area (Å²) in [7, 11) is 0. The summed E-state index contributed by atoms with van der Waals surface area (Å²) in [4.78, 5) is 21.1. The van der Waals surface area contributed by atoms with Crippen LogP contribution in [0.2, 0.25) is 0 Å². The number of carbonyl (C=O) groups is 1. The quantitative estimate of drug-likeness (QED) is 0.671. The number of halogens is 3. The Bertz CT molecular complexity index is 896. The molecule has 0 saturated heterocycles. The first kappa shape index (κ1) is 18.8. The maximum absolute atomic E-state index is 12.5. The van der Waals surface area contributed by atoms with Crippen LogP contribution in [0.25, 0.3) is 0 Å². The number of anilines is 1. The molecular formula is C18H14F3N3O2S. The zero-order chi connectivity index (χ0) is 19.3. The Kier molecular flexibility index (Phi) is 5.70. The van der Waals surface area contributed by atoms with Gasteiger partial charge in [0.25, 0.3) is 5.91 Å². The molecule has 0 aliphatic carbocycles. The van der Waals surface area contributed by atoms with Crippen molar-refractivity contribution in [2.24, 2.45) is 0 Å². The third-order valence-corrected chi connectivity index (χ3v) is 4.46. The smallest absolute Gasteiger partial charge is 0.406 e. The second kappa shape index (κ2) is 8.17. The Morgan fingerprint density at radius 2 is 1.78 bits per heavy atom. The number of carbonyl (C=O) groups excluding carboxylic acids is 1. The van der Waals surface area contributed by atoms with Crippen LogP contribution in [-0.2, 0) is 12.8 Å². The van der Waals surface area contributed by atoms with E-state index in [1.54, 1.807) is 17.9 Å². The zero-order valence-electron chi connectivity index (χ0n) is 13.9. The van der Waals surface area contributed by atoms with Gasteiger partial charge in [-0.1, -0.05) is 0 Å². The highest BCUT2D eigenvalue weighted by Crippen LogP contribution is 2.24. The van der Waals surface area contributed by atoms with Crippen molar-refractivity contribution >= 4 is 22.9 Å². The third-order valence-electron chi connectivity index (χ3n) is 3.59. The van der Waals surface area contributed by atoms with E-state index in [4.69, 9.17) is 0 Å². The minimum Gasteiger partial charge on any atom is -0.406 e. The number of hydrogen-bond acceptors (Lipinski definition) is 5. The van der Waals surface area contributed by atoms with Crippen LogP contribution in [0.5, 0.6) is 5.75 Å². The number of nitrogens with zero attached hydrogens (tertiary/aromatic N) is 2. The topological polar surface area (TPSA) is 64.1 Å². The first-order valence-electron chi connectivity index (χ1n) is 7.89. The summed E-state index contributed by atoms with van der Waals surface area (Å²) in [5, 5.41) is 2.66. The van der Waals surface area contributed by atoms with Gasteiger partial charge in [0.05, 0.1) is 11.2 Å². The predicted octanol–water partition coefficient (Wildman–Crippen LogP) is 4.47. The number of pyridine rings is 1. The first-order valence-corrected chi connectivity index (χ1v) is 8.77. The van der Waals surface area contributed by atoms with Gasteiger partial charge < -0.3 is 10.1 Å². The van der Waals surface area contributed by atoms with Crippen LogP contribution < -0.4 is 10.1 Å². The van der Waals surface area contributed by atoms with Crippen molar-refractivity contribution in [2.75, 3.05) is 5.32 Å². The summed E-state index contributed by atoms with van der Waals surface area (Å²) < 4.78 is 40.3. The largest absolute Gasteiger partial charge is 0.573 e. The van der Waals surface area contributed by atoms with Gasteiger partial charge in [-0.05, 0) is 54.8 Å². The minimum atomic E-state index is -4.75. The van der Waals surface area contributed by atoms with Gasteiger partial charge in [-0.3, -0.25) is 9.78 Å². The second-order valence-corrected chi connectivity index (χ2v) is 6.36. The molecule has 1 aromatic carbocycles. The molecule has 1 amide bonds. The van der Waals surface area contributed by atoms with Crippen molar-refractivity contribution in [1.82, 2.24) is 9.97 Å². The molecule has 0 aliphatic heterocycles. The molecule has 0 saturated carbocycles. The molecule has 0 bridgehead atoms. The Hall–Kier alpha value is -2.94. The lowest BCUT2D eigenvalue weighted by Gasteiger charge is -2.10. The summed E-state index contributed by atoms with van der Waals surface area (Å²) in [6.07, 6.45) is -0.0336. The molecule has 140 valence electrons. The summed E-state index contributed by atoms with van der Waals surface area (Å²) in [6, 6.07) is 8.76. The van der Waals surface area contributed by atoms with Crippen molar-refractivity contribution in [1.29, 1.82) is 0 Å². The van der Waals surface area contributed by atoms with E-state index in [-0.39, 0.29) is 11.7 Å². The van der Waals surface area contributed by atoms with E-state index in [0.29, 0.717) is 22.7 Å². The molecule has 0 unspecified atom stereocenters. The van der Waals surface area contributed by atoms with Gasteiger partial charge in [-0.2, -0.15) is 0 Å². The first-order chi connectivity index (χ1) is 12.9. The van der Waals surface area contributed by atoms with E-state index in [1.165, 1.54) is 23.5 Å². The summed E-state index contributed by atoms with van der Waals surface area (Å²) in [5.41, 5.74) is 3.72. The van der Waals surface area contributed by atoms with Crippen LogP contribution in [0.1, 0.15) is 20.9 Å². The number of benzene rings is 1. The van der Waals surface area contributed by atoms with Crippen LogP contribution >= 0.6 is 11.3 Å². The van der Waals surface area contributed by atoms with Crippen LogP contribution in [0.4, 0.5) is 18.9 Å². The van der Waals surface area contributed by atoms with E-state index >= 15 is 0 Å². The molecule has 9 heteroatoms. The normalized spacial score (nSPS) is 11.2. The number of aromatic nitrogens is 2. The molecule has 27 heavy (non-hydrogen) atoms. The average Bonchev–Trinajstić information content (AvgIpc) is 3.10. The lowest BCUT2D eigenvalue weighted by Crippen LogP contribution is -2.17. The Balaban J connectivity index is 1.62. The number of hydrogen-bond donors (Lipinski definition) is 1. The summed E-state index contributed by atoms with van der Waals surface area (Å²) in [6.45, 7) is 0. The fourth-order valence-electron chi connectivity index (χ4n) is 2.37. The van der Waals surface area contributed by atoms with Gasteiger partial charge >= 0.3 is 6.36 Å². The SMILES string of the molecule is O=C(Nc1ccc(OC(F)(F)F)cc1)c1scnc1CCc1ccncc1. The van der Waals surface area contributed by atoms with Gasteiger partial charge in [-0.15, -0.1) is 24.5 Å². The standard InChI is InChI=1S/C18H14F3N3O2S/c19-18(20,21)26-14-4-2-13(3-5-14)24-17(25)16-15(23-11-27-16)6-1-12-7-9-22-10-8-12/h2-5,7-11H,1,6H2,(H,24,25). The minimum absolute atomic E-state index is 0.351. The Morgan fingerprint density at radius 1 is 1.07 bits per heavy atom. The monoisotopic (exact) mass is 393 g/mol. The molecule has 3 rings (SSSR count). The van der Waals surface area contributed by atoms with Gasteiger partial charge in [0, 0.05) is 18.1 Å². The van der Waals surface area contributed by atoms with E-state index in [9.17, 15) is 18.0 Å². The highest BCUT2D eigenvalue weighted by Gasteiger charge is 2.31. The average molecular weight is 393 g/mol. The van der Waals surface area contributed by atoms with Gasteiger partial charge in [0.15, 0.2) is 0 Å². The van der Waals surface area contributed by atoms with Gasteiger partial charge in [0.2, 0.25) is 0 Å². The molecular weight excluding hydrogens is 379 g/mol. The number of nitrogens with one attached hydrogen (secondary N) is 1. The van der Waals surface area contributed by atoms with Crippen molar-refractivity contribution in [3.63, 3.8) is 0 Å². The van der Waals surface area contributed by atoms with E-state index in [0.717, 1.165) is 24.1 Å². The molecule has 0 radical (unpaired) electrons. The van der Waals surface area contributed by atoms with Gasteiger partial charge in [-0.25, -0.2) is 4.98 Å². The van der Waals surface area contributed by atoms with Crippen LogP contribution in [0.15, 0.2) is 54.3 Å². The van der Waals surface area contributed by atoms with Crippen molar-refractivity contribution in [3.8, 4) is 5.75 Å². The molecule has 0 atom stereocenters. The Morgan fingerprint density at radius 3 is 2.44 bits per heavy atom. The third kappa shape index (κ3) is 5.52. The van der Waals surface area contributed by atoms with Crippen LogP contribution in [0.3, 0.4) is 0 Å². The molecule has 1 N–H and O–H groups in total. The van der Waals surface area contributed by atoms with Crippen molar-refractivity contribution < 1.29 is 22.7 Å². The fraction of sp³-hybridized carbons (Fsp3) is 0.167. The zero-order valence-corrected chi connectivity index (χ0v) is 14.7. The molecule has 2 heterocycles. The van der Waals surface area contributed by atoms with Crippen molar-refractivity contribution in [2.45, 2.75) is 19.2 Å². The maximum Gasteiger partial charge on any atom is 0.573 e. The number of rotatable bonds is 6. The van der Waals surface area contributed by atoms with Crippen LogP contribution in [-0.4, -0.2) is 22.2 Å². The molecule has 2 aromatic heterocycles. The highest BCUT2D eigenvalue weighted by atomic mass is 32.1. The predicted molar refractivity (Wildman–Crippen MR) is 94.8 cm³/mol.